The second-order valence-electron chi connectivity index (χ2n) is 5.60. The van der Waals surface area contributed by atoms with Gasteiger partial charge in [-0.3, -0.25) is 4.79 Å². The summed E-state index contributed by atoms with van der Waals surface area (Å²) in [5.74, 6) is -0.404. The summed E-state index contributed by atoms with van der Waals surface area (Å²) in [7, 11) is 0. The molecule has 5 heteroatoms. The summed E-state index contributed by atoms with van der Waals surface area (Å²) >= 11 is 0. The van der Waals surface area contributed by atoms with Gasteiger partial charge in [-0.2, -0.15) is 0 Å². The standard InChI is InChI=1S/C19H21NO4/c1-13-4-8-16(9-5-13)20-18(21)12-23-19(22)15(3)24-17-10-6-14(2)7-11-17/h4-11,15H,12H2,1-3H3,(H,20,21). The van der Waals surface area contributed by atoms with Crippen LogP contribution in [0.4, 0.5) is 5.69 Å². The van der Waals surface area contributed by atoms with E-state index in [4.69, 9.17) is 9.47 Å². The number of amides is 1. The Morgan fingerprint density at radius 2 is 1.50 bits per heavy atom. The van der Waals surface area contributed by atoms with Crippen LogP contribution in [0.1, 0.15) is 18.1 Å². The number of nitrogens with one attached hydrogen (secondary N) is 1. The smallest absolute Gasteiger partial charge is 0.347 e. The molecular formula is C19H21NO4. The van der Waals surface area contributed by atoms with Gasteiger partial charge in [0.1, 0.15) is 5.75 Å². The fraction of sp³-hybridized carbons (Fsp3) is 0.263. The molecular weight excluding hydrogens is 306 g/mol. The van der Waals surface area contributed by atoms with Crippen molar-refractivity contribution >= 4 is 17.6 Å². The molecule has 5 nitrogen and oxygen atoms in total. The van der Waals surface area contributed by atoms with Crippen LogP contribution in [0.5, 0.6) is 5.75 Å². The topological polar surface area (TPSA) is 64.6 Å². The number of hydrogen-bond acceptors (Lipinski definition) is 4. The quantitative estimate of drug-likeness (QED) is 0.827. The molecule has 1 N–H and O–H groups in total. The molecule has 0 saturated heterocycles. The lowest BCUT2D eigenvalue weighted by molar-refractivity contribution is -0.153. The van der Waals surface area contributed by atoms with E-state index >= 15 is 0 Å². The highest BCUT2D eigenvalue weighted by Crippen LogP contribution is 2.14. The Kier molecular flexibility index (Phi) is 5.95. The van der Waals surface area contributed by atoms with E-state index in [1.165, 1.54) is 0 Å². The zero-order valence-electron chi connectivity index (χ0n) is 14.0. The minimum atomic E-state index is -0.792. The fourth-order valence-electron chi connectivity index (χ4n) is 1.96. The summed E-state index contributed by atoms with van der Waals surface area (Å²) in [5.41, 5.74) is 2.86. The molecule has 2 rings (SSSR count). The Hall–Kier alpha value is -2.82. The van der Waals surface area contributed by atoms with Crippen LogP contribution >= 0.6 is 0 Å². The van der Waals surface area contributed by atoms with E-state index in [0.717, 1.165) is 11.1 Å². The predicted molar refractivity (Wildman–Crippen MR) is 92.0 cm³/mol. The number of rotatable bonds is 6. The number of carbonyl (C=O) groups is 2. The molecule has 0 aliphatic heterocycles. The van der Waals surface area contributed by atoms with Crippen molar-refractivity contribution in [1.29, 1.82) is 0 Å². The van der Waals surface area contributed by atoms with Gasteiger partial charge in [-0.05, 0) is 45.0 Å². The molecule has 1 amide bonds. The summed E-state index contributed by atoms with van der Waals surface area (Å²) in [6.45, 7) is 5.16. The Morgan fingerprint density at radius 1 is 0.958 bits per heavy atom. The van der Waals surface area contributed by atoms with E-state index in [-0.39, 0.29) is 6.61 Å². The molecule has 0 bridgehead atoms. The predicted octanol–water partition coefficient (Wildman–Crippen LogP) is 3.25. The number of anilines is 1. The number of hydrogen-bond donors (Lipinski definition) is 1. The molecule has 0 heterocycles. The summed E-state index contributed by atoms with van der Waals surface area (Å²) in [6.07, 6.45) is -0.792. The second kappa shape index (κ2) is 8.15. The van der Waals surface area contributed by atoms with Crippen LogP contribution in [-0.2, 0) is 14.3 Å². The number of esters is 1. The van der Waals surface area contributed by atoms with Crippen molar-refractivity contribution in [3.63, 3.8) is 0 Å². The Bertz CT molecular complexity index is 692. The molecule has 0 spiro atoms. The molecule has 2 aromatic rings. The molecule has 2 aromatic carbocycles. The monoisotopic (exact) mass is 327 g/mol. The van der Waals surface area contributed by atoms with Crippen molar-refractivity contribution in [3.05, 3.63) is 59.7 Å². The van der Waals surface area contributed by atoms with Gasteiger partial charge in [0, 0.05) is 5.69 Å². The first-order valence-electron chi connectivity index (χ1n) is 7.70. The van der Waals surface area contributed by atoms with Crippen LogP contribution in [0.3, 0.4) is 0 Å². The lowest BCUT2D eigenvalue weighted by Gasteiger charge is -2.14. The van der Waals surface area contributed by atoms with E-state index in [9.17, 15) is 9.59 Å². The maximum Gasteiger partial charge on any atom is 0.347 e. The van der Waals surface area contributed by atoms with Crippen LogP contribution in [-0.4, -0.2) is 24.6 Å². The molecule has 0 aliphatic rings. The zero-order chi connectivity index (χ0) is 17.5. The molecule has 0 aliphatic carbocycles. The van der Waals surface area contributed by atoms with Gasteiger partial charge in [0.2, 0.25) is 0 Å². The first kappa shape index (κ1) is 17.5. The van der Waals surface area contributed by atoms with Gasteiger partial charge in [0.15, 0.2) is 12.7 Å². The maximum atomic E-state index is 11.9. The van der Waals surface area contributed by atoms with Crippen LogP contribution < -0.4 is 10.1 Å². The second-order valence-corrected chi connectivity index (χ2v) is 5.60. The summed E-state index contributed by atoms with van der Waals surface area (Å²) in [6, 6.07) is 14.7. The SMILES string of the molecule is Cc1ccc(NC(=O)COC(=O)C(C)Oc2ccc(C)cc2)cc1. The average molecular weight is 327 g/mol. The highest BCUT2D eigenvalue weighted by atomic mass is 16.6. The average Bonchev–Trinajstić information content (AvgIpc) is 2.57. The minimum Gasteiger partial charge on any atom is -0.479 e. The van der Waals surface area contributed by atoms with Crippen LogP contribution in [0.2, 0.25) is 0 Å². The first-order chi connectivity index (χ1) is 11.4. The molecule has 0 saturated carbocycles. The van der Waals surface area contributed by atoms with Crippen LogP contribution in [0.15, 0.2) is 48.5 Å². The third-order valence-corrected chi connectivity index (χ3v) is 3.35. The first-order valence-corrected chi connectivity index (χ1v) is 7.70. The number of carbonyl (C=O) groups excluding carboxylic acids is 2. The highest BCUT2D eigenvalue weighted by Gasteiger charge is 2.17. The Labute approximate surface area is 141 Å². The normalized spacial score (nSPS) is 11.5. The van der Waals surface area contributed by atoms with E-state index in [1.54, 1.807) is 31.2 Å². The molecule has 0 aromatic heterocycles. The zero-order valence-corrected chi connectivity index (χ0v) is 14.0. The van der Waals surface area contributed by atoms with Crippen molar-refractivity contribution < 1.29 is 19.1 Å². The maximum absolute atomic E-state index is 11.9. The fourth-order valence-corrected chi connectivity index (χ4v) is 1.96. The molecule has 1 atom stereocenters. The van der Waals surface area contributed by atoms with Gasteiger partial charge < -0.3 is 14.8 Å². The van der Waals surface area contributed by atoms with Crippen molar-refractivity contribution in [2.75, 3.05) is 11.9 Å². The van der Waals surface area contributed by atoms with Crippen molar-refractivity contribution in [1.82, 2.24) is 0 Å². The number of benzene rings is 2. The van der Waals surface area contributed by atoms with Gasteiger partial charge in [0.05, 0.1) is 0 Å². The van der Waals surface area contributed by atoms with Crippen LogP contribution in [0, 0.1) is 13.8 Å². The van der Waals surface area contributed by atoms with Gasteiger partial charge in [-0.25, -0.2) is 4.79 Å². The highest BCUT2D eigenvalue weighted by molar-refractivity contribution is 5.93. The summed E-state index contributed by atoms with van der Waals surface area (Å²) in [4.78, 5) is 23.7. The lowest BCUT2D eigenvalue weighted by Crippen LogP contribution is -2.29. The number of aryl methyl sites for hydroxylation is 2. The molecule has 1 unspecified atom stereocenters. The third-order valence-electron chi connectivity index (χ3n) is 3.35. The van der Waals surface area contributed by atoms with Crippen molar-refractivity contribution in [2.24, 2.45) is 0 Å². The van der Waals surface area contributed by atoms with Crippen molar-refractivity contribution in [3.8, 4) is 5.75 Å². The van der Waals surface area contributed by atoms with Crippen molar-refractivity contribution in [2.45, 2.75) is 26.9 Å². The van der Waals surface area contributed by atoms with E-state index < -0.39 is 18.0 Å². The van der Waals surface area contributed by atoms with Crippen LogP contribution in [0.25, 0.3) is 0 Å². The summed E-state index contributed by atoms with van der Waals surface area (Å²) < 4.78 is 10.5. The molecule has 126 valence electrons. The Morgan fingerprint density at radius 3 is 2.08 bits per heavy atom. The lowest BCUT2D eigenvalue weighted by atomic mass is 10.2. The van der Waals surface area contributed by atoms with E-state index in [2.05, 4.69) is 5.32 Å². The van der Waals surface area contributed by atoms with Gasteiger partial charge in [-0.15, -0.1) is 0 Å². The molecule has 0 radical (unpaired) electrons. The molecule has 0 fully saturated rings. The third kappa shape index (κ3) is 5.43. The van der Waals surface area contributed by atoms with E-state index in [1.807, 2.05) is 38.1 Å². The summed E-state index contributed by atoms with van der Waals surface area (Å²) in [5, 5.41) is 2.66. The minimum absolute atomic E-state index is 0.353. The largest absolute Gasteiger partial charge is 0.479 e. The van der Waals surface area contributed by atoms with Gasteiger partial charge in [-0.1, -0.05) is 35.4 Å². The van der Waals surface area contributed by atoms with Gasteiger partial charge >= 0.3 is 5.97 Å². The van der Waals surface area contributed by atoms with E-state index in [0.29, 0.717) is 11.4 Å². The van der Waals surface area contributed by atoms with Gasteiger partial charge in [0.25, 0.3) is 5.91 Å². The molecule has 24 heavy (non-hydrogen) atoms. The number of ether oxygens (including phenoxy) is 2. The Balaban J connectivity index is 1.77.